The fraction of sp³-hybridized carbons (Fsp3) is 0.154. The van der Waals surface area contributed by atoms with Crippen LogP contribution in [0.4, 0.5) is 4.39 Å². The Morgan fingerprint density at radius 1 is 1.33 bits per heavy atom. The lowest BCUT2D eigenvalue weighted by Crippen LogP contribution is -1.89. The topological polar surface area (TPSA) is 17.1 Å². The first-order valence-electron chi connectivity index (χ1n) is 4.71. The number of carbonyl (C=O) groups excluding carboxylic acids is 1. The van der Waals surface area contributed by atoms with Crippen LogP contribution in [0.15, 0.2) is 42.0 Å². The summed E-state index contributed by atoms with van der Waals surface area (Å²) < 4.78 is 12.8. The molecular weight excluding hydrogens is 191 g/mol. The van der Waals surface area contributed by atoms with E-state index in [2.05, 4.69) is 0 Å². The van der Waals surface area contributed by atoms with E-state index in [0.717, 1.165) is 5.56 Å². The van der Waals surface area contributed by atoms with Crippen LogP contribution in [0.3, 0.4) is 0 Å². The number of carbonyl (C=O) groups is 1. The molecule has 0 radical (unpaired) electrons. The minimum atomic E-state index is -0.260. The summed E-state index contributed by atoms with van der Waals surface area (Å²) in [6.45, 7) is 3.26. The van der Waals surface area contributed by atoms with Crippen molar-refractivity contribution in [3.8, 4) is 0 Å². The summed E-state index contributed by atoms with van der Waals surface area (Å²) >= 11 is 0. The summed E-state index contributed by atoms with van der Waals surface area (Å²) in [6.07, 6.45) is 5.22. The first-order chi connectivity index (χ1) is 7.09. The number of allylic oxidation sites excluding steroid dienone is 3. The molecule has 0 N–H and O–H groups in total. The number of Topliss-reactive ketones (excluding diaryl/α,β-unsaturated/α-hetero) is 1. The molecule has 0 bridgehead atoms. The third-order valence-electron chi connectivity index (χ3n) is 2.04. The van der Waals surface area contributed by atoms with Crippen molar-refractivity contribution in [1.29, 1.82) is 0 Å². The minimum Gasteiger partial charge on any atom is -0.295 e. The maximum Gasteiger partial charge on any atom is 0.155 e. The van der Waals surface area contributed by atoms with Gasteiger partial charge in [-0.2, -0.15) is 0 Å². The third kappa shape index (κ3) is 3.90. The Hall–Kier alpha value is -1.70. The van der Waals surface area contributed by atoms with Gasteiger partial charge < -0.3 is 0 Å². The number of hydrogen-bond donors (Lipinski definition) is 0. The first kappa shape index (κ1) is 11.4. The largest absolute Gasteiger partial charge is 0.295 e. The van der Waals surface area contributed by atoms with Crippen LogP contribution < -0.4 is 0 Å². The van der Waals surface area contributed by atoms with Gasteiger partial charge in [0.2, 0.25) is 0 Å². The number of halogens is 1. The molecule has 2 heteroatoms. The fourth-order valence-electron chi connectivity index (χ4n) is 1.03. The minimum absolute atomic E-state index is 0.0406. The van der Waals surface area contributed by atoms with E-state index in [1.807, 2.05) is 0 Å². The Bertz CT molecular complexity index is 416. The van der Waals surface area contributed by atoms with E-state index in [0.29, 0.717) is 5.57 Å². The van der Waals surface area contributed by atoms with Crippen molar-refractivity contribution < 1.29 is 9.18 Å². The molecule has 0 atom stereocenters. The van der Waals surface area contributed by atoms with E-state index < -0.39 is 0 Å². The van der Waals surface area contributed by atoms with Crippen LogP contribution in [-0.4, -0.2) is 5.78 Å². The highest BCUT2D eigenvalue weighted by Gasteiger charge is 1.92. The Labute approximate surface area is 88.9 Å². The Kier molecular flexibility index (Phi) is 3.98. The second kappa shape index (κ2) is 5.25. The molecule has 0 fully saturated rings. The maximum atomic E-state index is 12.8. The molecule has 0 aliphatic heterocycles. The normalized spacial score (nSPS) is 12.1. The van der Waals surface area contributed by atoms with E-state index in [-0.39, 0.29) is 11.6 Å². The molecule has 0 saturated carbocycles. The summed E-state index contributed by atoms with van der Waals surface area (Å²) in [5.41, 5.74) is 1.46. The molecule has 1 aromatic rings. The van der Waals surface area contributed by atoms with Gasteiger partial charge in [0.25, 0.3) is 0 Å². The van der Waals surface area contributed by atoms with Gasteiger partial charge in [-0.1, -0.05) is 30.4 Å². The fourth-order valence-corrected chi connectivity index (χ4v) is 1.03. The van der Waals surface area contributed by atoms with Gasteiger partial charge in [-0.05, 0) is 37.1 Å². The molecule has 0 aliphatic carbocycles. The molecule has 15 heavy (non-hydrogen) atoms. The molecular formula is C13H13FO. The van der Waals surface area contributed by atoms with Gasteiger partial charge in [0.15, 0.2) is 5.78 Å². The highest BCUT2D eigenvalue weighted by molar-refractivity contribution is 5.93. The molecule has 0 aliphatic rings. The summed E-state index contributed by atoms with van der Waals surface area (Å²) in [5, 5.41) is 0. The van der Waals surface area contributed by atoms with Crippen LogP contribution in [0.5, 0.6) is 0 Å². The van der Waals surface area contributed by atoms with Gasteiger partial charge in [0.1, 0.15) is 5.82 Å². The highest BCUT2D eigenvalue weighted by Crippen LogP contribution is 2.06. The Morgan fingerprint density at radius 2 is 2.07 bits per heavy atom. The van der Waals surface area contributed by atoms with Crippen LogP contribution in [0.2, 0.25) is 0 Å². The van der Waals surface area contributed by atoms with Crippen LogP contribution in [0.1, 0.15) is 19.4 Å². The van der Waals surface area contributed by atoms with Crippen LogP contribution >= 0.6 is 0 Å². The predicted molar refractivity (Wildman–Crippen MR) is 59.9 cm³/mol. The monoisotopic (exact) mass is 204 g/mol. The predicted octanol–water partition coefficient (Wildman–Crippen LogP) is 3.37. The van der Waals surface area contributed by atoms with Gasteiger partial charge >= 0.3 is 0 Å². The zero-order valence-corrected chi connectivity index (χ0v) is 8.83. The van der Waals surface area contributed by atoms with Gasteiger partial charge in [0.05, 0.1) is 0 Å². The lowest BCUT2D eigenvalue weighted by Gasteiger charge is -1.92. The summed E-state index contributed by atoms with van der Waals surface area (Å²) in [5.74, 6) is -0.219. The van der Waals surface area contributed by atoms with Crippen molar-refractivity contribution in [1.82, 2.24) is 0 Å². The lowest BCUT2D eigenvalue weighted by atomic mass is 10.1. The summed E-state index contributed by atoms with van der Waals surface area (Å²) in [4.78, 5) is 10.9. The second-order valence-corrected chi connectivity index (χ2v) is 3.32. The quantitative estimate of drug-likeness (QED) is 0.545. The summed E-state index contributed by atoms with van der Waals surface area (Å²) in [7, 11) is 0. The van der Waals surface area contributed by atoms with Gasteiger partial charge in [-0.15, -0.1) is 0 Å². The molecule has 0 spiro atoms. The summed E-state index contributed by atoms with van der Waals surface area (Å²) in [6, 6.07) is 6.29. The zero-order valence-electron chi connectivity index (χ0n) is 8.83. The van der Waals surface area contributed by atoms with Crippen molar-refractivity contribution in [2.24, 2.45) is 0 Å². The van der Waals surface area contributed by atoms with Crippen molar-refractivity contribution >= 4 is 11.9 Å². The molecule has 78 valence electrons. The zero-order chi connectivity index (χ0) is 11.3. The van der Waals surface area contributed by atoms with Crippen molar-refractivity contribution in [3.63, 3.8) is 0 Å². The Balaban J connectivity index is 2.74. The number of rotatable bonds is 3. The second-order valence-electron chi connectivity index (χ2n) is 3.32. The van der Waals surface area contributed by atoms with Crippen LogP contribution in [0.25, 0.3) is 6.08 Å². The SMILES string of the molecule is CC(=O)C(C)=CC=Cc1cccc(F)c1. The molecule has 0 saturated heterocycles. The van der Waals surface area contributed by atoms with Crippen LogP contribution in [-0.2, 0) is 4.79 Å². The molecule has 1 nitrogen and oxygen atoms in total. The molecule has 0 aromatic heterocycles. The smallest absolute Gasteiger partial charge is 0.155 e. The highest BCUT2D eigenvalue weighted by atomic mass is 19.1. The van der Waals surface area contributed by atoms with Crippen molar-refractivity contribution in [2.75, 3.05) is 0 Å². The lowest BCUT2D eigenvalue weighted by molar-refractivity contribution is -0.113. The van der Waals surface area contributed by atoms with Crippen molar-refractivity contribution in [3.05, 3.63) is 53.4 Å². The van der Waals surface area contributed by atoms with Crippen molar-refractivity contribution in [2.45, 2.75) is 13.8 Å². The van der Waals surface area contributed by atoms with E-state index in [1.165, 1.54) is 19.1 Å². The van der Waals surface area contributed by atoms with Gasteiger partial charge in [0, 0.05) is 0 Å². The van der Waals surface area contributed by atoms with E-state index in [1.54, 1.807) is 37.3 Å². The van der Waals surface area contributed by atoms with E-state index in [4.69, 9.17) is 0 Å². The molecule has 0 unspecified atom stereocenters. The van der Waals surface area contributed by atoms with Gasteiger partial charge in [-0.25, -0.2) is 4.39 Å². The number of benzene rings is 1. The van der Waals surface area contributed by atoms with E-state index >= 15 is 0 Å². The number of ketones is 1. The first-order valence-corrected chi connectivity index (χ1v) is 4.71. The van der Waals surface area contributed by atoms with Crippen LogP contribution in [0, 0.1) is 5.82 Å². The maximum absolute atomic E-state index is 12.8. The molecule has 1 aromatic carbocycles. The standard InChI is InChI=1S/C13H13FO/c1-10(11(2)15)5-3-6-12-7-4-8-13(14)9-12/h3-9H,1-2H3. The molecule has 0 heterocycles. The average Bonchev–Trinajstić information content (AvgIpc) is 2.17. The van der Waals surface area contributed by atoms with E-state index in [9.17, 15) is 9.18 Å². The third-order valence-corrected chi connectivity index (χ3v) is 2.04. The molecule has 1 rings (SSSR count). The molecule has 0 amide bonds. The van der Waals surface area contributed by atoms with Gasteiger partial charge in [-0.3, -0.25) is 4.79 Å². The number of hydrogen-bond acceptors (Lipinski definition) is 1. The average molecular weight is 204 g/mol. The Morgan fingerprint density at radius 3 is 2.67 bits per heavy atom.